The lowest BCUT2D eigenvalue weighted by Gasteiger charge is -2.20. The first-order chi connectivity index (χ1) is 9.19. The summed E-state index contributed by atoms with van der Waals surface area (Å²) in [7, 11) is 0. The number of nitrogens with one attached hydrogen (secondary N) is 1. The summed E-state index contributed by atoms with van der Waals surface area (Å²) in [6.45, 7) is 6.72. The second-order valence-electron chi connectivity index (χ2n) is 5.15. The Balaban J connectivity index is 0.00000200. The predicted molar refractivity (Wildman–Crippen MR) is 91.7 cm³/mol. The number of halogens is 2. The van der Waals surface area contributed by atoms with Crippen LogP contribution < -0.4 is 11.1 Å². The fraction of sp³-hybridized carbons (Fsp3) is 0.692. The zero-order chi connectivity index (χ0) is 13.7. The van der Waals surface area contributed by atoms with Crippen LogP contribution in [0.4, 0.5) is 0 Å². The highest BCUT2D eigenvalue weighted by Crippen LogP contribution is 2.11. The molecule has 0 radical (unpaired) electrons. The second kappa shape index (κ2) is 10.3. The Bertz CT molecular complexity index is 424. The molecule has 1 unspecified atom stereocenters. The Labute approximate surface area is 142 Å². The van der Waals surface area contributed by atoms with Crippen molar-refractivity contribution in [3.05, 3.63) is 16.1 Å². The van der Waals surface area contributed by atoms with Gasteiger partial charge in [-0.15, -0.1) is 36.2 Å². The van der Waals surface area contributed by atoms with E-state index in [9.17, 15) is 4.79 Å². The van der Waals surface area contributed by atoms with Gasteiger partial charge in [0.15, 0.2) is 0 Å². The number of thiazole rings is 1. The highest BCUT2D eigenvalue weighted by molar-refractivity contribution is 7.09. The average molecular weight is 355 g/mol. The summed E-state index contributed by atoms with van der Waals surface area (Å²) in [6, 6.07) is 0. The molecule has 1 aromatic rings. The summed E-state index contributed by atoms with van der Waals surface area (Å²) in [4.78, 5) is 18.5. The normalized spacial score (nSPS) is 15.9. The molecule has 1 aromatic heterocycles. The van der Waals surface area contributed by atoms with E-state index in [-0.39, 0.29) is 30.7 Å². The zero-order valence-electron chi connectivity index (χ0n) is 12.2. The molecule has 3 N–H and O–H groups in total. The number of hydrogen-bond donors (Lipinski definition) is 2. The molecule has 2 heterocycles. The minimum atomic E-state index is -0.0933. The molecule has 1 aliphatic rings. The smallest absolute Gasteiger partial charge is 0.270 e. The molecule has 0 aromatic carbocycles. The molecule has 1 aliphatic heterocycles. The quantitative estimate of drug-likeness (QED) is 0.818. The number of rotatable bonds is 6. The minimum absolute atomic E-state index is 0. The Morgan fingerprint density at radius 2 is 2.14 bits per heavy atom. The molecular formula is C13H24Cl2N4OS. The highest BCUT2D eigenvalue weighted by Gasteiger charge is 2.16. The number of carbonyl (C=O) groups excluding carboxylic acids is 1. The van der Waals surface area contributed by atoms with E-state index in [1.165, 1.54) is 37.3 Å². The molecule has 1 saturated heterocycles. The monoisotopic (exact) mass is 354 g/mol. The van der Waals surface area contributed by atoms with Crippen molar-refractivity contribution < 1.29 is 4.79 Å². The third-order valence-electron chi connectivity index (χ3n) is 3.34. The van der Waals surface area contributed by atoms with Gasteiger partial charge in [0.1, 0.15) is 10.7 Å². The minimum Gasteiger partial charge on any atom is -0.350 e. The standard InChI is InChI=1S/C13H22N4OS.2ClH/c1-10(8-17-4-2-3-5-17)7-15-13(18)11-9-19-12(6-14)16-11;;/h9-10H,2-8,14H2,1H3,(H,15,18);2*1H. The topological polar surface area (TPSA) is 71.2 Å². The summed E-state index contributed by atoms with van der Waals surface area (Å²) >= 11 is 1.43. The molecule has 0 spiro atoms. The zero-order valence-corrected chi connectivity index (χ0v) is 14.7. The van der Waals surface area contributed by atoms with Gasteiger partial charge in [0.05, 0.1) is 0 Å². The number of aromatic nitrogens is 1. The number of amides is 1. The van der Waals surface area contributed by atoms with Crippen LogP contribution in [0.15, 0.2) is 5.38 Å². The molecule has 21 heavy (non-hydrogen) atoms. The van der Waals surface area contributed by atoms with E-state index in [0.29, 0.717) is 24.7 Å². The van der Waals surface area contributed by atoms with E-state index in [4.69, 9.17) is 5.73 Å². The van der Waals surface area contributed by atoms with Gasteiger partial charge >= 0.3 is 0 Å². The highest BCUT2D eigenvalue weighted by atomic mass is 35.5. The van der Waals surface area contributed by atoms with Crippen LogP contribution in [-0.4, -0.2) is 42.0 Å². The molecule has 0 bridgehead atoms. The van der Waals surface area contributed by atoms with Crippen molar-refractivity contribution in [1.29, 1.82) is 0 Å². The summed E-state index contributed by atoms with van der Waals surface area (Å²) in [6.07, 6.45) is 2.61. The summed E-state index contributed by atoms with van der Waals surface area (Å²) in [5.41, 5.74) is 5.97. The van der Waals surface area contributed by atoms with Gasteiger partial charge in [-0.25, -0.2) is 4.98 Å². The van der Waals surface area contributed by atoms with Gasteiger partial charge in [-0.1, -0.05) is 6.92 Å². The summed E-state index contributed by atoms with van der Waals surface area (Å²) in [5, 5.41) is 5.52. The second-order valence-corrected chi connectivity index (χ2v) is 6.10. The first-order valence-corrected chi connectivity index (χ1v) is 7.72. The summed E-state index contributed by atoms with van der Waals surface area (Å²) in [5.74, 6) is 0.374. The third-order valence-corrected chi connectivity index (χ3v) is 4.21. The van der Waals surface area contributed by atoms with E-state index in [1.54, 1.807) is 5.38 Å². The van der Waals surface area contributed by atoms with Crippen molar-refractivity contribution in [3.63, 3.8) is 0 Å². The van der Waals surface area contributed by atoms with Gasteiger partial charge in [-0.3, -0.25) is 4.79 Å². The fourth-order valence-electron chi connectivity index (χ4n) is 2.34. The number of carbonyl (C=O) groups is 1. The van der Waals surface area contributed by atoms with Crippen molar-refractivity contribution in [2.45, 2.75) is 26.3 Å². The van der Waals surface area contributed by atoms with Crippen molar-refractivity contribution in [2.24, 2.45) is 11.7 Å². The van der Waals surface area contributed by atoms with Crippen LogP contribution in [-0.2, 0) is 6.54 Å². The van der Waals surface area contributed by atoms with Crippen molar-refractivity contribution in [2.75, 3.05) is 26.2 Å². The van der Waals surface area contributed by atoms with Gasteiger partial charge in [-0.2, -0.15) is 0 Å². The fourth-order valence-corrected chi connectivity index (χ4v) is 2.99. The number of likely N-dealkylation sites (tertiary alicyclic amines) is 1. The van der Waals surface area contributed by atoms with E-state index in [1.807, 2.05) is 0 Å². The summed E-state index contributed by atoms with van der Waals surface area (Å²) < 4.78 is 0. The Morgan fingerprint density at radius 1 is 1.48 bits per heavy atom. The third kappa shape index (κ3) is 6.48. The average Bonchev–Trinajstić information content (AvgIpc) is 3.06. The number of nitrogens with two attached hydrogens (primary N) is 1. The SMILES string of the molecule is CC(CNC(=O)c1csc(CN)n1)CN1CCCC1.Cl.Cl. The Kier molecular flexibility index (Phi) is 10.1. The molecule has 8 heteroatoms. The number of nitrogens with zero attached hydrogens (tertiary/aromatic N) is 2. The lowest BCUT2D eigenvalue weighted by Crippen LogP contribution is -2.34. The molecule has 5 nitrogen and oxygen atoms in total. The van der Waals surface area contributed by atoms with Gasteiger partial charge in [-0.05, 0) is 31.8 Å². The van der Waals surface area contributed by atoms with E-state index in [0.717, 1.165) is 11.6 Å². The largest absolute Gasteiger partial charge is 0.350 e. The van der Waals surface area contributed by atoms with Crippen molar-refractivity contribution >= 4 is 42.1 Å². The van der Waals surface area contributed by atoms with Crippen LogP contribution in [0, 0.1) is 5.92 Å². The maximum atomic E-state index is 11.9. The lowest BCUT2D eigenvalue weighted by atomic mass is 10.1. The molecule has 0 aliphatic carbocycles. The molecule has 2 rings (SSSR count). The van der Waals surface area contributed by atoms with Crippen LogP contribution in [0.1, 0.15) is 35.3 Å². The van der Waals surface area contributed by atoms with Crippen LogP contribution in [0.25, 0.3) is 0 Å². The van der Waals surface area contributed by atoms with Crippen LogP contribution in [0.2, 0.25) is 0 Å². The van der Waals surface area contributed by atoms with Crippen molar-refractivity contribution in [3.8, 4) is 0 Å². The van der Waals surface area contributed by atoms with Gasteiger partial charge in [0.2, 0.25) is 0 Å². The molecule has 122 valence electrons. The van der Waals surface area contributed by atoms with Crippen LogP contribution >= 0.6 is 36.2 Å². The van der Waals surface area contributed by atoms with Gasteiger partial charge < -0.3 is 16.0 Å². The predicted octanol–water partition coefficient (Wildman–Crippen LogP) is 1.91. The first-order valence-electron chi connectivity index (χ1n) is 6.84. The van der Waals surface area contributed by atoms with Crippen LogP contribution in [0.3, 0.4) is 0 Å². The molecule has 1 fully saturated rings. The number of hydrogen-bond acceptors (Lipinski definition) is 5. The molecule has 1 atom stereocenters. The first kappa shape index (κ1) is 20.6. The van der Waals surface area contributed by atoms with E-state index < -0.39 is 0 Å². The van der Waals surface area contributed by atoms with Crippen molar-refractivity contribution in [1.82, 2.24) is 15.2 Å². The maximum Gasteiger partial charge on any atom is 0.270 e. The molecular weight excluding hydrogens is 331 g/mol. The van der Waals surface area contributed by atoms with Gasteiger partial charge in [0, 0.05) is 25.0 Å². The Morgan fingerprint density at radius 3 is 2.71 bits per heavy atom. The molecule has 1 amide bonds. The molecule has 0 saturated carbocycles. The van der Waals surface area contributed by atoms with E-state index in [2.05, 4.69) is 22.1 Å². The van der Waals surface area contributed by atoms with E-state index >= 15 is 0 Å². The Hall–Kier alpha value is -0.400. The maximum absolute atomic E-state index is 11.9. The van der Waals surface area contributed by atoms with Crippen LogP contribution in [0.5, 0.6) is 0 Å². The van der Waals surface area contributed by atoms with Gasteiger partial charge in [0.25, 0.3) is 5.91 Å². The lowest BCUT2D eigenvalue weighted by molar-refractivity contribution is 0.0940.